The molecule has 2 N–H and O–H groups in total. The third-order valence-electron chi connectivity index (χ3n) is 2.30. The lowest BCUT2D eigenvalue weighted by Crippen LogP contribution is -2.11. The van der Waals surface area contributed by atoms with Crippen molar-refractivity contribution in [2.24, 2.45) is 0 Å². The number of hydrogen-bond acceptors (Lipinski definition) is 5. The zero-order valence-corrected chi connectivity index (χ0v) is 9.91. The van der Waals surface area contributed by atoms with Gasteiger partial charge in [0.05, 0.1) is 7.11 Å². The number of carboxylic acid groups (broad SMARTS) is 1. The highest BCUT2D eigenvalue weighted by atomic mass is 16.5. The molecule has 1 aromatic carbocycles. The number of ether oxygens (including phenoxy) is 2. The summed E-state index contributed by atoms with van der Waals surface area (Å²) < 4.78 is 10.3. The van der Waals surface area contributed by atoms with Crippen LogP contribution in [0.5, 0.6) is 17.4 Å². The van der Waals surface area contributed by atoms with Crippen LogP contribution >= 0.6 is 0 Å². The molecular formula is C12H10N2O5. The first-order chi connectivity index (χ1) is 9.13. The van der Waals surface area contributed by atoms with Crippen LogP contribution < -0.4 is 15.0 Å². The Hall–Kier alpha value is -2.83. The van der Waals surface area contributed by atoms with Gasteiger partial charge < -0.3 is 19.6 Å². The second kappa shape index (κ2) is 5.21. The van der Waals surface area contributed by atoms with Crippen LogP contribution in [0.2, 0.25) is 0 Å². The highest BCUT2D eigenvalue weighted by Gasteiger charge is 2.18. The van der Waals surface area contributed by atoms with Gasteiger partial charge in [0, 0.05) is 12.4 Å². The van der Waals surface area contributed by atoms with E-state index in [1.807, 2.05) is 0 Å². The SMILES string of the molecule is COc1cccc(C(=O)O)c1Oc1ncc[nH]c1=O. The summed E-state index contributed by atoms with van der Waals surface area (Å²) in [6, 6.07) is 4.38. The van der Waals surface area contributed by atoms with Crippen molar-refractivity contribution in [2.45, 2.75) is 0 Å². The molecule has 0 spiro atoms. The Kier molecular flexibility index (Phi) is 3.46. The normalized spacial score (nSPS) is 9.95. The van der Waals surface area contributed by atoms with Crippen molar-refractivity contribution in [3.05, 3.63) is 46.5 Å². The van der Waals surface area contributed by atoms with Crippen molar-refractivity contribution < 1.29 is 19.4 Å². The average molecular weight is 262 g/mol. The number of carbonyl (C=O) groups is 1. The molecule has 2 aromatic rings. The van der Waals surface area contributed by atoms with E-state index in [0.29, 0.717) is 0 Å². The van der Waals surface area contributed by atoms with Gasteiger partial charge >= 0.3 is 11.5 Å². The molecule has 0 aliphatic heterocycles. The molecule has 0 bridgehead atoms. The quantitative estimate of drug-likeness (QED) is 0.860. The lowest BCUT2D eigenvalue weighted by atomic mass is 10.2. The lowest BCUT2D eigenvalue weighted by Gasteiger charge is -2.11. The van der Waals surface area contributed by atoms with Crippen LogP contribution in [0.15, 0.2) is 35.4 Å². The molecule has 0 unspecified atom stereocenters. The van der Waals surface area contributed by atoms with Crippen LogP contribution in [0.4, 0.5) is 0 Å². The number of benzene rings is 1. The maximum Gasteiger partial charge on any atom is 0.339 e. The summed E-state index contributed by atoms with van der Waals surface area (Å²) >= 11 is 0. The van der Waals surface area contributed by atoms with Crippen molar-refractivity contribution in [1.29, 1.82) is 0 Å². The number of hydrogen-bond donors (Lipinski definition) is 2. The summed E-state index contributed by atoms with van der Waals surface area (Å²) in [5.74, 6) is -1.32. The summed E-state index contributed by atoms with van der Waals surface area (Å²) in [6.07, 6.45) is 2.67. The first-order valence-corrected chi connectivity index (χ1v) is 5.25. The first kappa shape index (κ1) is 12.6. The Morgan fingerprint density at radius 1 is 1.42 bits per heavy atom. The van der Waals surface area contributed by atoms with Crippen LogP contribution in [-0.2, 0) is 0 Å². The molecule has 0 atom stereocenters. The lowest BCUT2D eigenvalue weighted by molar-refractivity contribution is 0.0693. The number of para-hydroxylation sites is 1. The molecule has 2 rings (SSSR count). The number of methoxy groups -OCH3 is 1. The number of rotatable bonds is 4. The Bertz CT molecular complexity index is 665. The van der Waals surface area contributed by atoms with E-state index in [-0.39, 0.29) is 22.9 Å². The predicted octanol–water partition coefficient (Wildman–Crippen LogP) is 1.27. The number of aromatic amines is 1. The summed E-state index contributed by atoms with van der Waals surface area (Å²) in [5, 5.41) is 9.09. The van der Waals surface area contributed by atoms with Gasteiger partial charge in [-0.3, -0.25) is 4.79 Å². The van der Waals surface area contributed by atoms with Crippen LogP contribution in [0.25, 0.3) is 0 Å². The number of carboxylic acids is 1. The van der Waals surface area contributed by atoms with E-state index in [2.05, 4.69) is 9.97 Å². The molecule has 0 saturated carbocycles. The number of nitrogens with one attached hydrogen (secondary N) is 1. The Morgan fingerprint density at radius 2 is 2.21 bits per heavy atom. The molecule has 1 heterocycles. The topological polar surface area (TPSA) is 102 Å². The minimum absolute atomic E-state index is 0.0679. The Morgan fingerprint density at radius 3 is 2.84 bits per heavy atom. The molecular weight excluding hydrogens is 252 g/mol. The largest absolute Gasteiger partial charge is 0.493 e. The zero-order chi connectivity index (χ0) is 13.8. The molecule has 7 nitrogen and oxygen atoms in total. The number of aromatic nitrogens is 2. The number of H-pyrrole nitrogens is 1. The van der Waals surface area contributed by atoms with Gasteiger partial charge in [0.15, 0.2) is 11.5 Å². The van der Waals surface area contributed by atoms with E-state index in [1.54, 1.807) is 0 Å². The third kappa shape index (κ3) is 2.54. The maximum absolute atomic E-state index is 11.5. The van der Waals surface area contributed by atoms with E-state index in [9.17, 15) is 9.59 Å². The fourth-order valence-electron chi connectivity index (χ4n) is 1.46. The molecule has 0 aliphatic rings. The summed E-state index contributed by atoms with van der Waals surface area (Å²) in [4.78, 5) is 28.7. The van der Waals surface area contributed by atoms with Gasteiger partial charge in [-0.25, -0.2) is 9.78 Å². The summed E-state index contributed by atoms with van der Waals surface area (Å²) in [5.41, 5.74) is -0.686. The molecule has 0 saturated heterocycles. The van der Waals surface area contributed by atoms with Gasteiger partial charge in [-0.05, 0) is 12.1 Å². The number of nitrogens with zero attached hydrogens (tertiary/aromatic N) is 1. The van der Waals surface area contributed by atoms with Crippen molar-refractivity contribution in [2.75, 3.05) is 7.11 Å². The fourth-order valence-corrected chi connectivity index (χ4v) is 1.46. The van der Waals surface area contributed by atoms with Gasteiger partial charge in [0.2, 0.25) is 0 Å². The highest BCUT2D eigenvalue weighted by molar-refractivity contribution is 5.92. The summed E-state index contributed by atoms with van der Waals surface area (Å²) in [6.45, 7) is 0. The maximum atomic E-state index is 11.5. The van der Waals surface area contributed by atoms with Crippen molar-refractivity contribution in [1.82, 2.24) is 9.97 Å². The van der Waals surface area contributed by atoms with Crippen LogP contribution in [0.1, 0.15) is 10.4 Å². The van der Waals surface area contributed by atoms with Crippen molar-refractivity contribution >= 4 is 5.97 Å². The van der Waals surface area contributed by atoms with Crippen LogP contribution in [-0.4, -0.2) is 28.2 Å². The average Bonchev–Trinajstić information content (AvgIpc) is 2.41. The molecule has 0 radical (unpaired) electrons. The Balaban J connectivity index is 2.52. The van der Waals surface area contributed by atoms with Crippen LogP contribution in [0, 0.1) is 0 Å². The highest BCUT2D eigenvalue weighted by Crippen LogP contribution is 2.33. The van der Waals surface area contributed by atoms with Crippen molar-refractivity contribution in [3.8, 4) is 17.4 Å². The van der Waals surface area contributed by atoms with E-state index in [1.165, 1.54) is 37.7 Å². The van der Waals surface area contributed by atoms with E-state index < -0.39 is 11.5 Å². The molecule has 0 amide bonds. The molecule has 0 fully saturated rings. The van der Waals surface area contributed by atoms with Gasteiger partial charge in [0.25, 0.3) is 5.88 Å². The minimum Gasteiger partial charge on any atom is -0.493 e. The standard InChI is InChI=1S/C12H10N2O5/c1-18-8-4-2-3-7(12(16)17)9(8)19-11-10(15)13-5-6-14-11/h2-6H,1H3,(H,13,15)(H,16,17). The van der Waals surface area contributed by atoms with Crippen LogP contribution in [0.3, 0.4) is 0 Å². The second-order valence-corrected chi connectivity index (χ2v) is 3.47. The zero-order valence-electron chi connectivity index (χ0n) is 9.91. The monoisotopic (exact) mass is 262 g/mol. The van der Waals surface area contributed by atoms with E-state index in [4.69, 9.17) is 14.6 Å². The second-order valence-electron chi connectivity index (χ2n) is 3.47. The Labute approximate surface area is 107 Å². The van der Waals surface area contributed by atoms with E-state index in [0.717, 1.165) is 0 Å². The molecule has 19 heavy (non-hydrogen) atoms. The predicted molar refractivity (Wildman–Crippen MR) is 64.9 cm³/mol. The minimum atomic E-state index is -1.19. The van der Waals surface area contributed by atoms with Gasteiger partial charge in [-0.15, -0.1) is 0 Å². The van der Waals surface area contributed by atoms with Crippen molar-refractivity contribution in [3.63, 3.8) is 0 Å². The third-order valence-corrected chi connectivity index (χ3v) is 2.30. The van der Waals surface area contributed by atoms with Gasteiger partial charge in [0.1, 0.15) is 5.56 Å². The smallest absolute Gasteiger partial charge is 0.339 e. The first-order valence-electron chi connectivity index (χ1n) is 5.25. The van der Waals surface area contributed by atoms with Gasteiger partial charge in [-0.1, -0.05) is 6.07 Å². The summed E-state index contributed by atoms with van der Waals surface area (Å²) in [7, 11) is 1.37. The molecule has 0 aliphatic carbocycles. The van der Waals surface area contributed by atoms with E-state index >= 15 is 0 Å². The molecule has 98 valence electrons. The molecule has 7 heteroatoms. The molecule has 1 aromatic heterocycles. The van der Waals surface area contributed by atoms with Gasteiger partial charge in [-0.2, -0.15) is 0 Å². The fraction of sp³-hybridized carbons (Fsp3) is 0.0833. The number of aromatic carboxylic acids is 1.